The Morgan fingerprint density at radius 2 is 1.97 bits per heavy atom. The number of aromatic nitrogens is 3. The van der Waals surface area contributed by atoms with E-state index in [0.717, 1.165) is 19.5 Å². The van der Waals surface area contributed by atoms with Gasteiger partial charge in [0.25, 0.3) is 0 Å². The van der Waals surface area contributed by atoms with Crippen LogP contribution in [0.3, 0.4) is 0 Å². The molecule has 0 aliphatic carbocycles. The standard InChI is InChI=1S/C21H27N5O4/c1-15(25-12-6-2-3-7-13-25)10-11-22-19(27)20-23-18(24-30-20)14-26-16-8-4-5-9-17(16)29-21(26)28/h4-5,8-9,15H,2-3,6-7,10-14H2,1H3,(H,22,27)/t15-/m0/s1. The van der Waals surface area contributed by atoms with Gasteiger partial charge < -0.3 is 19.2 Å². The van der Waals surface area contributed by atoms with Gasteiger partial charge in [-0.25, -0.2) is 4.79 Å². The lowest BCUT2D eigenvalue weighted by atomic mass is 10.2. The number of benzene rings is 1. The van der Waals surface area contributed by atoms with Gasteiger partial charge in [-0.3, -0.25) is 9.36 Å². The molecule has 1 saturated heterocycles. The first-order valence-electron chi connectivity index (χ1n) is 10.5. The SMILES string of the molecule is C[C@@H](CCNC(=O)c1nc(Cn2c(=O)oc3ccccc32)no1)N1CCCCCC1. The third-order valence-electron chi connectivity index (χ3n) is 5.65. The van der Waals surface area contributed by atoms with Crippen molar-refractivity contribution in [1.82, 2.24) is 24.9 Å². The second-order valence-electron chi connectivity index (χ2n) is 7.78. The molecule has 4 rings (SSSR count). The average Bonchev–Trinajstić information content (AvgIpc) is 3.22. The number of hydrogen-bond acceptors (Lipinski definition) is 7. The molecule has 1 atom stereocenters. The maximum atomic E-state index is 12.3. The predicted octanol–water partition coefficient (Wildman–Crippen LogP) is 2.41. The molecule has 160 valence electrons. The molecule has 3 aromatic rings. The number of carbonyl (C=O) groups excluding carboxylic acids is 1. The lowest BCUT2D eigenvalue weighted by Crippen LogP contribution is -2.37. The Bertz CT molecular complexity index is 1050. The minimum absolute atomic E-state index is 0.0681. The van der Waals surface area contributed by atoms with Crippen LogP contribution in [-0.2, 0) is 6.54 Å². The summed E-state index contributed by atoms with van der Waals surface area (Å²) in [6.07, 6.45) is 5.97. The number of carbonyl (C=O) groups is 1. The number of hydrogen-bond donors (Lipinski definition) is 1. The maximum absolute atomic E-state index is 12.3. The zero-order valence-electron chi connectivity index (χ0n) is 17.2. The fourth-order valence-electron chi connectivity index (χ4n) is 3.90. The van der Waals surface area contributed by atoms with E-state index in [4.69, 9.17) is 8.94 Å². The van der Waals surface area contributed by atoms with E-state index in [9.17, 15) is 9.59 Å². The molecule has 1 amide bonds. The molecule has 30 heavy (non-hydrogen) atoms. The van der Waals surface area contributed by atoms with Crippen LogP contribution in [0, 0.1) is 0 Å². The van der Waals surface area contributed by atoms with E-state index in [0.29, 0.717) is 23.7 Å². The van der Waals surface area contributed by atoms with Gasteiger partial charge in [0.2, 0.25) is 0 Å². The number of nitrogens with one attached hydrogen (secondary N) is 1. The van der Waals surface area contributed by atoms with Gasteiger partial charge >= 0.3 is 17.6 Å². The summed E-state index contributed by atoms with van der Waals surface area (Å²) < 4.78 is 11.7. The minimum atomic E-state index is -0.505. The lowest BCUT2D eigenvalue weighted by Gasteiger charge is -2.27. The van der Waals surface area contributed by atoms with E-state index in [1.165, 1.54) is 30.3 Å². The van der Waals surface area contributed by atoms with E-state index < -0.39 is 11.7 Å². The summed E-state index contributed by atoms with van der Waals surface area (Å²) in [7, 11) is 0. The van der Waals surface area contributed by atoms with Crippen LogP contribution >= 0.6 is 0 Å². The molecule has 9 nitrogen and oxygen atoms in total. The van der Waals surface area contributed by atoms with Gasteiger partial charge in [0, 0.05) is 12.6 Å². The summed E-state index contributed by atoms with van der Waals surface area (Å²) in [5, 5.41) is 6.68. The molecule has 2 aromatic heterocycles. The normalized spacial score (nSPS) is 16.4. The van der Waals surface area contributed by atoms with Gasteiger partial charge in [0.1, 0.15) is 0 Å². The quantitative estimate of drug-likeness (QED) is 0.634. The number of rotatable bonds is 7. The Morgan fingerprint density at radius 3 is 2.77 bits per heavy atom. The van der Waals surface area contributed by atoms with Crippen molar-refractivity contribution in [2.75, 3.05) is 19.6 Å². The van der Waals surface area contributed by atoms with Crippen LogP contribution in [-0.4, -0.2) is 51.2 Å². The molecule has 9 heteroatoms. The maximum Gasteiger partial charge on any atom is 0.420 e. The van der Waals surface area contributed by atoms with Crippen LogP contribution < -0.4 is 11.1 Å². The first-order valence-corrected chi connectivity index (χ1v) is 10.5. The van der Waals surface area contributed by atoms with E-state index in [-0.39, 0.29) is 18.3 Å². The second kappa shape index (κ2) is 9.25. The molecule has 1 fully saturated rings. The molecular weight excluding hydrogens is 386 g/mol. The van der Waals surface area contributed by atoms with Crippen molar-refractivity contribution in [2.45, 2.75) is 51.6 Å². The van der Waals surface area contributed by atoms with Crippen LogP contribution in [0.4, 0.5) is 0 Å². The number of para-hydroxylation sites is 2. The fourth-order valence-corrected chi connectivity index (χ4v) is 3.90. The molecule has 1 aliphatic heterocycles. The second-order valence-corrected chi connectivity index (χ2v) is 7.78. The monoisotopic (exact) mass is 413 g/mol. The van der Waals surface area contributed by atoms with Crippen LogP contribution in [0.2, 0.25) is 0 Å². The molecule has 1 aliphatic rings. The Labute approximate surface area is 174 Å². The van der Waals surface area contributed by atoms with E-state index in [2.05, 4.69) is 27.3 Å². The van der Waals surface area contributed by atoms with Gasteiger partial charge in [-0.1, -0.05) is 30.1 Å². The van der Waals surface area contributed by atoms with Crippen molar-refractivity contribution in [3.8, 4) is 0 Å². The summed E-state index contributed by atoms with van der Waals surface area (Å²) in [5.74, 6) is -0.768. The van der Waals surface area contributed by atoms with Crippen molar-refractivity contribution in [3.63, 3.8) is 0 Å². The average molecular weight is 413 g/mol. The van der Waals surface area contributed by atoms with Gasteiger partial charge in [0.15, 0.2) is 11.4 Å². The third kappa shape index (κ3) is 4.62. The topological polar surface area (TPSA) is 106 Å². The highest BCUT2D eigenvalue weighted by Gasteiger charge is 2.19. The number of likely N-dealkylation sites (tertiary alicyclic amines) is 1. The van der Waals surface area contributed by atoms with Gasteiger partial charge in [-0.15, -0.1) is 0 Å². The highest BCUT2D eigenvalue weighted by molar-refractivity contribution is 5.89. The highest BCUT2D eigenvalue weighted by Crippen LogP contribution is 2.14. The third-order valence-corrected chi connectivity index (χ3v) is 5.65. The van der Waals surface area contributed by atoms with Gasteiger partial charge in [-0.05, 0) is 51.4 Å². The van der Waals surface area contributed by atoms with Crippen LogP contribution in [0.15, 0.2) is 38.0 Å². The van der Waals surface area contributed by atoms with Crippen LogP contribution in [0.1, 0.15) is 55.5 Å². The van der Waals surface area contributed by atoms with Crippen molar-refractivity contribution < 1.29 is 13.7 Å². The molecule has 1 aromatic carbocycles. The molecule has 1 N–H and O–H groups in total. The zero-order valence-corrected chi connectivity index (χ0v) is 17.2. The molecule has 0 bridgehead atoms. The molecule has 0 spiro atoms. The zero-order chi connectivity index (χ0) is 20.9. The first kappa shape index (κ1) is 20.3. The Kier molecular flexibility index (Phi) is 6.27. The van der Waals surface area contributed by atoms with Crippen molar-refractivity contribution in [3.05, 3.63) is 46.5 Å². The van der Waals surface area contributed by atoms with Crippen molar-refractivity contribution >= 4 is 17.0 Å². The van der Waals surface area contributed by atoms with Crippen molar-refractivity contribution in [1.29, 1.82) is 0 Å². The summed E-state index contributed by atoms with van der Waals surface area (Å²) in [6, 6.07) is 7.52. The summed E-state index contributed by atoms with van der Waals surface area (Å²) in [5.41, 5.74) is 1.13. The van der Waals surface area contributed by atoms with Crippen molar-refractivity contribution in [2.24, 2.45) is 0 Å². The Balaban J connectivity index is 1.31. The molecule has 0 unspecified atom stereocenters. The van der Waals surface area contributed by atoms with E-state index >= 15 is 0 Å². The molecular formula is C21H27N5O4. The first-order chi connectivity index (χ1) is 14.6. The fraction of sp³-hybridized carbons (Fsp3) is 0.524. The summed E-state index contributed by atoms with van der Waals surface area (Å²) in [4.78, 5) is 31.0. The van der Waals surface area contributed by atoms with E-state index in [1.54, 1.807) is 18.2 Å². The lowest BCUT2D eigenvalue weighted by molar-refractivity contribution is 0.0904. The molecule has 3 heterocycles. The largest absolute Gasteiger partial charge is 0.420 e. The molecule has 0 radical (unpaired) electrons. The van der Waals surface area contributed by atoms with Gasteiger partial charge in [0.05, 0.1) is 12.1 Å². The summed E-state index contributed by atoms with van der Waals surface area (Å²) in [6.45, 7) is 5.07. The Morgan fingerprint density at radius 1 is 1.20 bits per heavy atom. The number of nitrogens with zero attached hydrogens (tertiary/aromatic N) is 4. The van der Waals surface area contributed by atoms with Gasteiger partial charge in [-0.2, -0.15) is 4.98 Å². The highest BCUT2D eigenvalue weighted by atomic mass is 16.5. The Hall–Kier alpha value is -2.94. The molecule has 0 saturated carbocycles. The van der Waals surface area contributed by atoms with Crippen LogP contribution in [0.5, 0.6) is 0 Å². The minimum Gasteiger partial charge on any atom is -0.408 e. The summed E-state index contributed by atoms with van der Waals surface area (Å²) >= 11 is 0. The van der Waals surface area contributed by atoms with Crippen LogP contribution in [0.25, 0.3) is 11.1 Å². The predicted molar refractivity (Wildman–Crippen MR) is 110 cm³/mol. The van der Waals surface area contributed by atoms with E-state index in [1.807, 2.05) is 6.07 Å². The number of oxazole rings is 1. The number of fused-ring (bicyclic) bond motifs is 1. The number of amides is 1. The smallest absolute Gasteiger partial charge is 0.408 e.